The fraction of sp³-hybridized carbons (Fsp3) is 0.500. The molecular formula is C14H17BrFNO2. The molecule has 19 heavy (non-hydrogen) atoms. The van der Waals surface area contributed by atoms with Crippen molar-refractivity contribution in [2.45, 2.75) is 25.8 Å². The van der Waals surface area contributed by atoms with Crippen molar-refractivity contribution >= 4 is 21.9 Å². The predicted molar refractivity (Wildman–Crippen MR) is 74.4 cm³/mol. The number of aliphatic carboxylic acids is 1. The number of nitrogens with zero attached hydrogens (tertiary/aromatic N) is 1. The fourth-order valence-corrected chi connectivity index (χ4v) is 2.93. The normalized spacial score (nSPS) is 20.4. The van der Waals surface area contributed by atoms with Crippen molar-refractivity contribution in [3.8, 4) is 0 Å². The molecule has 5 heteroatoms. The number of carboxylic acid groups (broad SMARTS) is 1. The number of hydrogen-bond donors (Lipinski definition) is 1. The Hall–Kier alpha value is -0.940. The van der Waals surface area contributed by atoms with Crippen molar-refractivity contribution in [1.29, 1.82) is 0 Å². The summed E-state index contributed by atoms with van der Waals surface area (Å²) >= 11 is 3.24. The monoisotopic (exact) mass is 329 g/mol. The summed E-state index contributed by atoms with van der Waals surface area (Å²) in [5, 5.41) is 8.83. The third-order valence-corrected chi connectivity index (χ3v) is 3.97. The van der Waals surface area contributed by atoms with Gasteiger partial charge in [-0.3, -0.25) is 9.69 Å². The molecule has 1 fully saturated rings. The van der Waals surface area contributed by atoms with Crippen LogP contribution in [0.3, 0.4) is 0 Å². The number of carboxylic acids is 1. The van der Waals surface area contributed by atoms with E-state index in [1.54, 1.807) is 6.07 Å². The molecule has 0 saturated carbocycles. The van der Waals surface area contributed by atoms with E-state index >= 15 is 0 Å². The second-order valence-electron chi connectivity index (χ2n) is 5.08. The third kappa shape index (κ3) is 4.28. The number of benzene rings is 1. The number of carbonyl (C=O) groups is 1. The minimum atomic E-state index is -0.748. The van der Waals surface area contributed by atoms with Crippen LogP contribution in [-0.4, -0.2) is 29.1 Å². The lowest BCUT2D eigenvalue weighted by Crippen LogP contribution is -2.36. The first-order valence-electron chi connectivity index (χ1n) is 6.42. The van der Waals surface area contributed by atoms with Gasteiger partial charge >= 0.3 is 5.97 Å². The van der Waals surface area contributed by atoms with Gasteiger partial charge in [0.05, 0.1) is 0 Å². The average Bonchev–Trinajstić information content (AvgIpc) is 2.32. The molecule has 0 spiro atoms. The van der Waals surface area contributed by atoms with Crippen LogP contribution in [0, 0.1) is 11.7 Å². The van der Waals surface area contributed by atoms with Crippen LogP contribution >= 0.6 is 15.9 Å². The molecule has 2 rings (SSSR count). The number of piperidine rings is 1. The van der Waals surface area contributed by atoms with E-state index in [0.29, 0.717) is 12.1 Å². The summed E-state index contributed by atoms with van der Waals surface area (Å²) in [5.74, 6) is -0.777. The first-order valence-corrected chi connectivity index (χ1v) is 7.22. The van der Waals surface area contributed by atoms with Crippen molar-refractivity contribution in [2.24, 2.45) is 5.92 Å². The van der Waals surface area contributed by atoms with Crippen LogP contribution in [0.4, 0.5) is 4.39 Å². The summed E-state index contributed by atoms with van der Waals surface area (Å²) < 4.78 is 14.5. The quantitative estimate of drug-likeness (QED) is 0.921. The van der Waals surface area contributed by atoms with Gasteiger partial charge in [-0.1, -0.05) is 22.0 Å². The summed E-state index contributed by atoms with van der Waals surface area (Å²) in [4.78, 5) is 12.9. The van der Waals surface area contributed by atoms with Crippen LogP contribution in [0.15, 0.2) is 22.7 Å². The molecule has 1 heterocycles. The highest BCUT2D eigenvalue weighted by Gasteiger charge is 2.22. The Labute approximate surface area is 120 Å². The molecule has 1 saturated heterocycles. The van der Waals surface area contributed by atoms with E-state index < -0.39 is 5.97 Å². The molecule has 1 aliphatic rings. The highest BCUT2D eigenvalue weighted by atomic mass is 79.9. The van der Waals surface area contributed by atoms with Crippen molar-refractivity contribution in [2.75, 3.05) is 13.1 Å². The van der Waals surface area contributed by atoms with Gasteiger partial charge in [0.1, 0.15) is 5.82 Å². The number of likely N-dealkylation sites (tertiary alicyclic amines) is 1. The summed E-state index contributed by atoms with van der Waals surface area (Å²) in [5.41, 5.74) is 0.666. The maximum atomic E-state index is 13.8. The van der Waals surface area contributed by atoms with E-state index in [4.69, 9.17) is 5.11 Å². The summed E-state index contributed by atoms with van der Waals surface area (Å²) in [6.07, 6.45) is 2.14. The van der Waals surface area contributed by atoms with Gasteiger partial charge in [-0.15, -0.1) is 0 Å². The van der Waals surface area contributed by atoms with Crippen molar-refractivity contribution in [3.63, 3.8) is 0 Å². The zero-order valence-corrected chi connectivity index (χ0v) is 12.2. The van der Waals surface area contributed by atoms with Gasteiger partial charge in [-0.25, -0.2) is 4.39 Å². The first-order chi connectivity index (χ1) is 9.04. The molecule has 3 nitrogen and oxygen atoms in total. The molecule has 1 aliphatic heterocycles. The van der Waals surface area contributed by atoms with Gasteiger partial charge in [0, 0.05) is 29.5 Å². The third-order valence-electron chi connectivity index (χ3n) is 3.48. The van der Waals surface area contributed by atoms with E-state index in [1.807, 2.05) is 6.07 Å². The molecule has 1 aromatic rings. The maximum Gasteiger partial charge on any atom is 0.303 e. The Morgan fingerprint density at radius 3 is 3.00 bits per heavy atom. The molecule has 1 unspecified atom stereocenters. The molecular weight excluding hydrogens is 313 g/mol. The molecule has 0 amide bonds. The second-order valence-corrected chi connectivity index (χ2v) is 5.99. The Morgan fingerprint density at radius 2 is 2.32 bits per heavy atom. The van der Waals surface area contributed by atoms with E-state index in [9.17, 15) is 9.18 Å². The molecule has 0 radical (unpaired) electrons. The Balaban J connectivity index is 1.96. The smallest absolute Gasteiger partial charge is 0.303 e. The minimum absolute atomic E-state index is 0.185. The van der Waals surface area contributed by atoms with Crippen LogP contribution in [0.1, 0.15) is 24.8 Å². The van der Waals surface area contributed by atoms with Crippen molar-refractivity contribution < 1.29 is 14.3 Å². The Kier molecular flexibility index (Phi) is 4.93. The molecule has 0 aromatic heterocycles. The average molecular weight is 330 g/mol. The molecule has 0 aliphatic carbocycles. The largest absolute Gasteiger partial charge is 0.481 e. The van der Waals surface area contributed by atoms with Crippen molar-refractivity contribution in [1.82, 2.24) is 4.90 Å². The van der Waals surface area contributed by atoms with Crippen LogP contribution in [0.25, 0.3) is 0 Å². The predicted octanol–water partition coefficient (Wildman–Crippen LogP) is 3.27. The molecule has 0 bridgehead atoms. The lowest BCUT2D eigenvalue weighted by Gasteiger charge is -2.32. The first kappa shape index (κ1) is 14.5. The van der Waals surface area contributed by atoms with Gasteiger partial charge < -0.3 is 5.11 Å². The lowest BCUT2D eigenvalue weighted by atomic mass is 9.94. The van der Waals surface area contributed by atoms with Gasteiger partial charge in [-0.2, -0.15) is 0 Å². The van der Waals surface area contributed by atoms with E-state index in [2.05, 4.69) is 20.8 Å². The van der Waals surface area contributed by atoms with Crippen LogP contribution < -0.4 is 0 Å². The topological polar surface area (TPSA) is 40.5 Å². The highest BCUT2D eigenvalue weighted by Crippen LogP contribution is 2.23. The van der Waals surface area contributed by atoms with E-state index in [1.165, 1.54) is 6.07 Å². The summed E-state index contributed by atoms with van der Waals surface area (Å²) in [6.45, 7) is 2.20. The lowest BCUT2D eigenvalue weighted by molar-refractivity contribution is -0.138. The van der Waals surface area contributed by atoms with Gasteiger partial charge in [-0.05, 0) is 37.4 Å². The van der Waals surface area contributed by atoms with Gasteiger partial charge in [0.15, 0.2) is 0 Å². The minimum Gasteiger partial charge on any atom is -0.481 e. The number of hydrogen-bond acceptors (Lipinski definition) is 2. The zero-order valence-electron chi connectivity index (χ0n) is 10.6. The maximum absolute atomic E-state index is 13.8. The van der Waals surface area contributed by atoms with Crippen molar-refractivity contribution in [3.05, 3.63) is 34.1 Å². The van der Waals surface area contributed by atoms with E-state index in [0.717, 1.165) is 30.4 Å². The summed E-state index contributed by atoms with van der Waals surface area (Å²) in [6, 6.07) is 5.07. The summed E-state index contributed by atoms with van der Waals surface area (Å²) in [7, 11) is 0. The fourth-order valence-electron chi connectivity index (χ4n) is 2.60. The van der Waals surface area contributed by atoms with Crippen LogP contribution in [0.2, 0.25) is 0 Å². The highest BCUT2D eigenvalue weighted by molar-refractivity contribution is 9.10. The number of rotatable bonds is 4. The van der Waals surface area contributed by atoms with Gasteiger partial charge in [0.25, 0.3) is 0 Å². The SMILES string of the molecule is O=C(O)CC1CCCN(Cc2ccc(Br)cc2F)C1. The molecule has 1 aromatic carbocycles. The Morgan fingerprint density at radius 1 is 1.53 bits per heavy atom. The zero-order chi connectivity index (χ0) is 13.8. The molecule has 1 N–H and O–H groups in total. The van der Waals surface area contributed by atoms with Crippen LogP contribution in [-0.2, 0) is 11.3 Å². The van der Waals surface area contributed by atoms with Crippen LogP contribution in [0.5, 0.6) is 0 Å². The standard InChI is InChI=1S/C14H17BrFNO2/c15-12-4-3-11(13(16)7-12)9-17-5-1-2-10(8-17)6-14(18)19/h3-4,7,10H,1-2,5-6,8-9H2,(H,18,19). The Bertz CT molecular complexity index is 467. The van der Waals surface area contributed by atoms with E-state index in [-0.39, 0.29) is 18.2 Å². The van der Waals surface area contributed by atoms with Gasteiger partial charge in [0.2, 0.25) is 0 Å². The second kappa shape index (κ2) is 6.48. The number of halogens is 2. The molecule has 1 atom stereocenters. The molecule has 104 valence electrons.